The first-order valence-corrected chi connectivity index (χ1v) is 4.35. The van der Waals surface area contributed by atoms with Crippen molar-refractivity contribution in [1.82, 2.24) is 0 Å². The maximum absolute atomic E-state index is 5.26. The molecule has 74 valence electrons. The van der Waals surface area contributed by atoms with Gasteiger partial charge in [0.1, 0.15) is 11.5 Å². The molecule has 0 fully saturated rings. The molecule has 4 heteroatoms. The molecule has 0 radical (unpaired) electrons. The molecule has 1 aliphatic rings. The highest BCUT2D eigenvalue weighted by Gasteiger charge is 2.13. The third-order valence-electron chi connectivity index (χ3n) is 2.20. The summed E-state index contributed by atoms with van der Waals surface area (Å²) in [6.07, 6.45) is 1.68. The number of rotatable bonds is 2. The molecule has 0 atom stereocenters. The maximum Gasteiger partial charge on any atom is 0.129 e. The van der Waals surface area contributed by atoms with Gasteiger partial charge in [0.15, 0.2) is 0 Å². The van der Waals surface area contributed by atoms with Gasteiger partial charge in [-0.2, -0.15) is 0 Å². The minimum atomic E-state index is 0.648. The van der Waals surface area contributed by atoms with Crippen LogP contribution < -0.4 is 14.8 Å². The normalized spacial score (nSPS) is 13.0. The summed E-state index contributed by atoms with van der Waals surface area (Å²) < 4.78 is 10.4. The van der Waals surface area contributed by atoms with E-state index >= 15 is 0 Å². The van der Waals surface area contributed by atoms with Crippen LogP contribution in [-0.2, 0) is 6.54 Å². The number of hydrogen-bond acceptors (Lipinski definition) is 4. The van der Waals surface area contributed by atoms with Crippen LogP contribution in [0.1, 0.15) is 5.56 Å². The fourth-order valence-electron chi connectivity index (χ4n) is 1.46. The van der Waals surface area contributed by atoms with Gasteiger partial charge in [-0.1, -0.05) is 0 Å². The summed E-state index contributed by atoms with van der Waals surface area (Å²) in [5.41, 5.74) is 2.06. The monoisotopic (exact) mass is 192 g/mol. The smallest absolute Gasteiger partial charge is 0.129 e. The molecule has 14 heavy (non-hydrogen) atoms. The van der Waals surface area contributed by atoms with Crippen LogP contribution in [0.4, 0.5) is 5.69 Å². The predicted molar refractivity (Wildman–Crippen MR) is 55.4 cm³/mol. The highest BCUT2D eigenvalue weighted by atomic mass is 16.5. The minimum Gasteiger partial charge on any atom is -0.497 e. The zero-order chi connectivity index (χ0) is 9.97. The molecule has 0 aromatic heterocycles. The van der Waals surface area contributed by atoms with E-state index in [1.165, 1.54) is 0 Å². The second-order valence-corrected chi connectivity index (χ2v) is 2.97. The SMILES string of the molecule is COc1cc2c(c(OC)c1)CN=CN2. The lowest BCUT2D eigenvalue weighted by molar-refractivity contribution is 0.391. The van der Waals surface area contributed by atoms with Crippen molar-refractivity contribution in [1.29, 1.82) is 0 Å². The first-order valence-electron chi connectivity index (χ1n) is 4.35. The Bertz CT molecular complexity index is 375. The van der Waals surface area contributed by atoms with E-state index in [9.17, 15) is 0 Å². The Morgan fingerprint density at radius 1 is 1.29 bits per heavy atom. The molecule has 0 amide bonds. The maximum atomic E-state index is 5.26. The molecule has 1 aromatic rings. The van der Waals surface area contributed by atoms with Gasteiger partial charge >= 0.3 is 0 Å². The van der Waals surface area contributed by atoms with E-state index < -0.39 is 0 Å². The molecule has 1 heterocycles. The Balaban J connectivity index is 2.50. The van der Waals surface area contributed by atoms with E-state index in [4.69, 9.17) is 9.47 Å². The number of hydrogen-bond donors (Lipinski definition) is 1. The van der Waals surface area contributed by atoms with Gasteiger partial charge in [0.05, 0.1) is 32.8 Å². The van der Waals surface area contributed by atoms with Crippen molar-refractivity contribution in [2.24, 2.45) is 4.99 Å². The number of benzene rings is 1. The number of fused-ring (bicyclic) bond motifs is 1. The van der Waals surface area contributed by atoms with Crippen LogP contribution in [0, 0.1) is 0 Å². The fraction of sp³-hybridized carbons (Fsp3) is 0.300. The molecule has 1 aromatic carbocycles. The summed E-state index contributed by atoms with van der Waals surface area (Å²) in [5.74, 6) is 1.59. The fourth-order valence-corrected chi connectivity index (χ4v) is 1.46. The average molecular weight is 192 g/mol. The van der Waals surface area contributed by atoms with Crippen molar-refractivity contribution in [2.75, 3.05) is 19.5 Å². The van der Waals surface area contributed by atoms with Gasteiger partial charge < -0.3 is 14.8 Å². The van der Waals surface area contributed by atoms with Gasteiger partial charge in [-0.3, -0.25) is 4.99 Å². The Morgan fingerprint density at radius 3 is 2.86 bits per heavy atom. The lowest BCUT2D eigenvalue weighted by Gasteiger charge is -2.16. The van der Waals surface area contributed by atoms with E-state index in [-0.39, 0.29) is 0 Å². The number of nitrogens with one attached hydrogen (secondary N) is 1. The quantitative estimate of drug-likeness (QED) is 0.774. The largest absolute Gasteiger partial charge is 0.497 e. The van der Waals surface area contributed by atoms with E-state index in [0.29, 0.717) is 6.54 Å². The zero-order valence-corrected chi connectivity index (χ0v) is 8.20. The summed E-state index contributed by atoms with van der Waals surface area (Å²) in [5, 5.41) is 3.06. The molecule has 0 bridgehead atoms. The van der Waals surface area contributed by atoms with Gasteiger partial charge in [0, 0.05) is 17.7 Å². The molecule has 1 N–H and O–H groups in total. The van der Waals surface area contributed by atoms with Crippen molar-refractivity contribution in [3.63, 3.8) is 0 Å². The van der Waals surface area contributed by atoms with Crippen LogP contribution in [0.5, 0.6) is 11.5 Å². The standard InChI is InChI=1S/C10H12N2O2/c1-13-7-3-9-8(5-11-6-12-9)10(4-7)14-2/h3-4,6H,5H2,1-2H3,(H,11,12). The Morgan fingerprint density at radius 2 is 2.14 bits per heavy atom. The van der Waals surface area contributed by atoms with E-state index in [1.54, 1.807) is 20.6 Å². The zero-order valence-electron chi connectivity index (χ0n) is 8.20. The van der Waals surface area contributed by atoms with Crippen molar-refractivity contribution < 1.29 is 9.47 Å². The minimum absolute atomic E-state index is 0.648. The van der Waals surface area contributed by atoms with Crippen molar-refractivity contribution in [3.8, 4) is 11.5 Å². The lowest BCUT2D eigenvalue weighted by atomic mass is 10.1. The first kappa shape index (κ1) is 8.87. The second kappa shape index (κ2) is 3.57. The summed E-state index contributed by atoms with van der Waals surface area (Å²) in [6.45, 7) is 0.648. The third kappa shape index (κ3) is 1.39. The summed E-state index contributed by atoms with van der Waals surface area (Å²) >= 11 is 0. The molecule has 4 nitrogen and oxygen atoms in total. The lowest BCUT2D eigenvalue weighted by Crippen LogP contribution is -2.07. The first-order chi connectivity index (χ1) is 6.85. The van der Waals surface area contributed by atoms with Crippen molar-refractivity contribution in [2.45, 2.75) is 6.54 Å². The van der Waals surface area contributed by atoms with Crippen LogP contribution in [0.15, 0.2) is 17.1 Å². The van der Waals surface area contributed by atoms with Crippen molar-refractivity contribution in [3.05, 3.63) is 17.7 Å². The van der Waals surface area contributed by atoms with Gasteiger partial charge in [-0.25, -0.2) is 0 Å². The van der Waals surface area contributed by atoms with Crippen LogP contribution in [0.2, 0.25) is 0 Å². The highest BCUT2D eigenvalue weighted by molar-refractivity contribution is 5.81. The number of aliphatic imine (C=N–C) groups is 1. The van der Waals surface area contributed by atoms with Gasteiger partial charge in [0.2, 0.25) is 0 Å². The molecule has 0 unspecified atom stereocenters. The molecule has 2 rings (SSSR count). The highest BCUT2D eigenvalue weighted by Crippen LogP contribution is 2.33. The Kier molecular flexibility index (Phi) is 2.26. The Labute approximate surface area is 82.6 Å². The van der Waals surface area contributed by atoms with Crippen LogP contribution >= 0.6 is 0 Å². The van der Waals surface area contributed by atoms with Gasteiger partial charge in [0.25, 0.3) is 0 Å². The molecule has 0 saturated carbocycles. The summed E-state index contributed by atoms with van der Waals surface area (Å²) in [6, 6.07) is 3.80. The predicted octanol–water partition coefficient (Wildman–Crippen LogP) is 1.66. The molecule has 1 aliphatic heterocycles. The van der Waals surface area contributed by atoms with Crippen LogP contribution in [0.25, 0.3) is 0 Å². The van der Waals surface area contributed by atoms with Crippen LogP contribution in [0.3, 0.4) is 0 Å². The molecular formula is C10H12N2O2. The Hall–Kier alpha value is -1.71. The number of methoxy groups -OCH3 is 2. The number of ether oxygens (including phenoxy) is 2. The molecular weight excluding hydrogens is 180 g/mol. The van der Waals surface area contributed by atoms with E-state index in [2.05, 4.69) is 10.3 Å². The van der Waals surface area contributed by atoms with E-state index in [1.807, 2.05) is 12.1 Å². The number of anilines is 1. The van der Waals surface area contributed by atoms with Crippen molar-refractivity contribution >= 4 is 12.0 Å². The van der Waals surface area contributed by atoms with E-state index in [0.717, 1.165) is 22.7 Å². The molecule has 0 saturated heterocycles. The van der Waals surface area contributed by atoms with Crippen LogP contribution in [-0.4, -0.2) is 20.6 Å². The average Bonchev–Trinajstić information content (AvgIpc) is 2.27. The molecule has 0 aliphatic carbocycles. The third-order valence-corrected chi connectivity index (χ3v) is 2.20. The number of nitrogens with zero attached hydrogens (tertiary/aromatic N) is 1. The second-order valence-electron chi connectivity index (χ2n) is 2.97. The topological polar surface area (TPSA) is 42.9 Å². The van der Waals surface area contributed by atoms with Gasteiger partial charge in [-0.15, -0.1) is 0 Å². The summed E-state index contributed by atoms with van der Waals surface area (Å²) in [7, 11) is 3.28. The summed E-state index contributed by atoms with van der Waals surface area (Å²) in [4.78, 5) is 4.13. The van der Waals surface area contributed by atoms with Gasteiger partial charge in [-0.05, 0) is 0 Å². The molecule has 0 spiro atoms.